The Kier molecular flexibility index (Phi) is 5.00. The number of aromatic nitrogens is 1. The molecule has 0 bridgehead atoms. The number of halogens is 1. The summed E-state index contributed by atoms with van der Waals surface area (Å²) in [5, 5.41) is 0. The van der Waals surface area contributed by atoms with E-state index in [9.17, 15) is 4.39 Å². The van der Waals surface area contributed by atoms with Gasteiger partial charge in [0.2, 0.25) is 0 Å². The van der Waals surface area contributed by atoms with Crippen molar-refractivity contribution in [1.82, 2.24) is 4.57 Å². The zero-order valence-electron chi connectivity index (χ0n) is 15.8. The molecular weight excluding hydrogens is 321 g/mol. The van der Waals surface area contributed by atoms with E-state index in [2.05, 4.69) is 50.3 Å². The van der Waals surface area contributed by atoms with Crippen molar-refractivity contribution in [2.45, 2.75) is 39.7 Å². The second-order valence-corrected chi connectivity index (χ2v) is 7.12. The Morgan fingerprint density at radius 2 is 1.50 bits per heavy atom. The van der Waals surface area contributed by atoms with Crippen LogP contribution in [0.2, 0.25) is 0 Å². The first-order valence-corrected chi connectivity index (χ1v) is 9.01. The minimum atomic E-state index is -0.246. The van der Waals surface area contributed by atoms with E-state index in [0.717, 1.165) is 33.6 Å². The van der Waals surface area contributed by atoms with Crippen molar-refractivity contribution in [3.8, 4) is 34.7 Å². The molecular formula is C24H24FN. The topological polar surface area (TPSA) is 4.93 Å². The number of rotatable bonds is 4. The fourth-order valence-corrected chi connectivity index (χ4v) is 3.63. The first-order chi connectivity index (χ1) is 12.5. The lowest BCUT2D eigenvalue weighted by Crippen LogP contribution is -2.09. The third-order valence-electron chi connectivity index (χ3n) is 4.63. The smallest absolute Gasteiger partial charge is 0.123 e. The first-order valence-electron chi connectivity index (χ1n) is 9.01. The third-order valence-corrected chi connectivity index (χ3v) is 4.63. The molecule has 0 aliphatic carbocycles. The predicted octanol–water partition coefficient (Wildman–Crippen LogP) is 6.65. The molecule has 0 unspecified atom stereocenters. The molecule has 0 aliphatic heterocycles. The van der Waals surface area contributed by atoms with E-state index in [1.807, 2.05) is 30.3 Å². The molecule has 0 radical (unpaired) electrons. The molecule has 1 nitrogen and oxygen atoms in total. The second kappa shape index (κ2) is 7.22. The first kappa shape index (κ1) is 18.0. The Hall–Kier alpha value is -2.79. The van der Waals surface area contributed by atoms with Crippen LogP contribution in [0.4, 0.5) is 4.39 Å². The van der Waals surface area contributed by atoms with Gasteiger partial charge in [-0.25, -0.2) is 4.39 Å². The molecule has 3 rings (SSSR count). The van der Waals surface area contributed by atoms with E-state index >= 15 is 0 Å². The summed E-state index contributed by atoms with van der Waals surface area (Å²) in [6, 6.07) is 17.1. The molecule has 132 valence electrons. The van der Waals surface area contributed by atoms with E-state index in [4.69, 9.17) is 6.42 Å². The molecule has 0 saturated heterocycles. The SMILES string of the molecule is C#Cc1c(-c2ccc(F)cc2)c(-c2ccccc2)n(C(C)C)c1C(C)C. The molecule has 0 saturated carbocycles. The van der Waals surface area contributed by atoms with Gasteiger partial charge in [-0.2, -0.15) is 0 Å². The van der Waals surface area contributed by atoms with Crippen LogP contribution in [0.3, 0.4) is 0 Å². The summed E-state index contributed by atoms with van der Waals surface area (Å²) in [4.78, 5) is 0. The van der Waals surface area contributed by atoms with Crippen LogP contribution in [-0.4, -0.2) is 4.57 Å². The normalized spacial score (nSPS) is 11.2. The summed E-state index contributed by atoms with van der Waals surface area (Å²) in [7, 11) is 0. The number of nitrogens with zero attached hydrogens (tertiary/aromatic N) is 1. The fourth-order valence-electron chi connectivity index (χ4n) is 3.63. The van der Waals surface area contributed by atoms with Crippen LogP contribution < -0.4 is 0 Å². The Balaban J connectivity index is 2.47. The Morgan fingerprint density at radius 3 is 2.00 bits per heavy atom. The van der Waals surface area contributed by atoms with Gasteiger partial charge in [-0.3, -0.25) is 0 Å². The van der Waals surface area contributed by atoms with Crippen LogP contribution >= 0.6 is 0 Å². The lowest BCUT2D eigenvalue weighted by atomic mass is 9.95. The molecule has 1 aromatic heterocycles. The van der Waals surface area contributed by atoms with Crippen molar-refractivity contribution in [1.29, 1.82) is 0 Å². The fraction of sp³-hybridized carbons (Fsp3) is 0.250. The quantitative estimate of drug-likeness (QED) is 0.467. The summed E-state index contributed by atoms with van der Waals surface area (Å²) >= 11 is 0. The van der Waals surface area contributed by atoms with Crippen LogP contribution in [0.25, 0.3) is 22.4 Å². The molecule has 0 spiro atoms. The van der Waals surface area contributed by atoms with Gasteiger partial charge < -0.3 is 4.57 Å². The second-order valence-electron chi connectivity index (χ2n) is 7.12. The predicted molar refractivity (Wildman–Crippen MR) is 108 cm³/mol. The van der Waals surface area contributed by atoms with E-state index in [0.29, 0.717) is 0 Å². The van der Waals surface area contributed by atoms with Gasteiger partial charge in [0.25, 0.3) is 0 Å². The average Bonchev–Trinajstić information content (AvgIpc) is 2.98. The van der Waals surface area contributed by atoms with Crippen LogP contribution in [0, 0.1) is 18.2 Å². The molecule has 3 aromatic rings. The van der Waals surface area contributed by atoms with E-state index in [1.165, 1.54) is 12.1 Å². The van der Waals surface area contributed by atoms with Gasteiger partial charge in [0.1, 0.15) is 5.82 Å². The minimum Gasteiger partial charge on any atom is -0.340 e. The van der Waals surface area contributed by atoms with Gasteiger partial charge in [-0.15, -0.1) is 6.42 Å². The van der Waals surface area contributed by atoms with Gasteiger partial charge in [0.05, 0.1) is 11.3 Å². The summed E-state index contributed by atoms with van der Waals surface area (Å²) in [6.07, 6.45) is 5.98. The lowest BCUT2D eigenvalue weighted by Gasteiger charge is -2.20. The molecule has 26 heavy (non-hydrogen) atoms. The number of hydrogen-bond donors (Lipinski definition) is 0. The molecule has 0 fully saturated rings. The maximum Gasteiger partial charge on any atom is 0.123 e. The van der Waals surface area contributed by atoms with Gasteiger partial charge in [0.15, 0.2) is 0 Å². The Morgan fingerprint density at radius 1 is 0.885 bits per heavy atom. The van der Waals surface area contributed by atoms with Crippen molar-refractivity contribution >= 4 is 0 Å². The van der Waals surface area contributed by atoms with Crippen molar-refractivity contribution in [3.05, 3.63) is 71.7 Å². The summed E-state index contributed by atoms with van der Waals surface area (Å²) in [5.41, 5.74) is 6.23. The molecule has 0 aliphatic rings. The lowest BCUT2D eigenvalue weighted by molar-refractivity contribution is 0.565. The Bertz CT molecular complexity index is 939. The highest BCUT2D eigenvalue weighted by Gasteiger charge is 2.26. The van der Waals surface area contributed by atoms with Crippen LogP contribution in [0.1, 0.15) is 50.9 Å². The molecule has 0 atom stereocenters. The highest BCUT2D eigenvalue weighted by molar-refractivity contribution is 5.88. The third kappa shape index (κ3) is 3.06. The maximum atomic E-state index is 13.5. The van der Waals surface area contributed by atoms with E-state index in [-0.39, 0.29) is 17.8 Å². The largest absolute Gasteiger partial charge is 0.340 e. The van der Waals surface area contributed by atoms with Crippen molar-refractivity contribution < 1.29 is 4.39 Å². The van der Waals surface area contributed by atoms with Crippen molar-refractivity contribution in [2.75, 3.05) is 0 Å². The molecule has 0 N–H and O–H groups in total. The molecule has 1 heterocycles. The zero-order chi connectivity index (χ0) is 18.8. The van der Waals surface area contributed by atoms with E-state index in [1.54, 1.807) is 0 Å². The van der Waals surface area contributed by atoms with Gasteiger partial charge in [0, 0.05) is 17.3 Å². The Labute approximate surface area is 155 Å². The number of hydrogen-bond acceptors (Lipinski definition) is 0. The minimum absolute atomic E-state index is 0.246. The number of terminal acetylenes is 1. The van der Waals surface area contributed by atoms with Gasteiger partial charge in [-0.1, -0.05) is 62.2 Å². The van der Waals surface area contributed by atoms with Crippen molar-refractivity contribution in [3.63, 3.8) is 0 Å². The summed E-state index contributed by atoms with van der Waals surface area (Å²) < 4.78 is 15.8. The highest BCUT2D eigenvalue weighted by Crippen LogP contribution is 2.43. The van der Waals surface area contributed by atoms with Crippen molar-refractivity contribution in [2.24, 2.45) is 0 Å². The van der Waals surface area contributed by atoms with E-state index < -0.39 is 0 Å². The van der Waals surface area contributed by atoms with Gasteiger partial charge in [-0.05, 0) is 43.0 Å². The monoisotopic (exact) mass is 345 g/mol. The van der Waals surface area contributed by atoms with Crippen LogP contribution in [0.15, 0.2) is 54.6 Å². The maximum absolute atomic E-state index is 13.5. The summed E-state index contributed by atoms with van der Waals surface area (Å²) in [5.74, 6) is 2.96. The van der Waals surface area contributed by atoms with Crippen LogP contribution in [-0.2, 0) is 0 Å². The highest BCUT2D eigenvalue weighted by atomic mass is 19.1. The zero-order valence-corrected chi connectivity index (χ0v) is 15.8. The molecule has 0 amide bonds. The standard InChI is InChI=1S/C24H24FN/c1-6-21-22(18-12-14-20(25)15-13-18)24(19-10-8-7-9-11-19)26(17(4)5)23(21)16(2)3/h1,7-17H,2-5H3. The summed E-state index contributed by atoms with van der Waals surface area (Å²) in [6.45, 7) is 8.68. The molecule has 2 heteroatoms. The number of benzene rings is 2. The average molecular weight is 345 g/mol. The molecule has 2 aromatic carbocycles. The van der Waals surface area contributed by atoms with Crippen LogP contribution in [0.5, 0.6) is 0 Å². The van der Waals surface area contributed by atoms with Gasteiger partial charge >= 0.3 is 0 Å².